The Morgan fingerprint density at radius 3 is 2.43 bits per heavy atom. The van der Waals surface area contributed by atoms with Gasteiger partial charge in [-0.3, -0.25) is 4.79 Å². The van der Waals surface area contributed by atoms with Crippen LogP contribution in [0.2, 0.25) is 0 Å². The first-order chi connectivity index (χ1) is 10.8. The highest BCUT2D eigenvalue weighted by molar-refractivity contribution is 6.12. The molecule has 0 heterocycles. The van der Waals surface area contributed by atoms with Gasteiger partial charge in [-0.1, -0.05) is 68.0 Å². The van der Waals surface area contributed by atoms with Crippen molar-refractivity contribution < 1.29 is 9.53 Å². The third-order valence-corrected chi connectivity index (χ3v) is 4.69. The minimum absolute atomic E-state index is 0.0267. The van der Waals surface area contributed by atoms with Gasteiger partial charge in [-0.25, -0.2) is 0 Å². The minimum Gasteiger partial charge on any atom is -0.370 e. The molecule has 2 aliphatic rings. The van der Waals surface area contributed by atoms with Crippen LogP contribution in [0.5, 0.6) is 0 Å². The van der Waals surface area contributed by atoms with Gasteiger partial charge in [-0.2, -0.15) is 0 Å². The normalized spacial score (nSPS) is 31.6. The molecule has 122 valence electrons. The molecular weight excluding hydrogens is 284 g/mol. The number of carbonyl (C=O) groups excluding carboxylic acids is 1. The zero-order chi connectivity index (χ0) is 17.1. The SMILES string of the molecule is COC1(C)/C=C\C(C(=O)C2=CC=C(C)C(C)(C)C=C2)=C/C/C=C/1. The van der Waals surface area contributed by atoms with E-state index in [-0.39, 0.29) is 11.2 Å². The van der Waals surface area contributed by atoms with Crippen LogP contribution in [0, 0.1) is 5.41 Å². The number of ketones is 1. The van der Waals surface area contributed by atoms with Crippen molar-refractivity contribution in [3.05, 3.63) is 71.4 Å². The average molecular weight is 310 g/mol. The predicted octanol–water partition coefficient (Wildman–Crippen LogP) is 4.87. The summed E-state index contributed by atoms with van der Waals surface area (Å²) < 4.78 is 5.50. The van der Waals surface area contributed by atoms with Gasteiger partial charge in [0.1, 0.15) is 5.60 Å². The number of hydrogen-bond donors (Lipinski definition) is 0. The van der Waals surface area contributed by atoms with Gasteiger partial charge in [-0.05, 0) is 26.3 Å². The van der Waals surface area contributed by atoms with Gasteiger partial charge < -0.3 is 4.74 Å². The number of Topliss-reactive ketones (excluding diaryl/α,β-unsaturated/α-hetero) is 1. The van der Waals surface area contributed by atoms with Gasteiger partial charge in [0, 0.05) is 23.7 Å². The van der Waals surface area contributed by atoms with Gasteiger partial charge in [0.15, 0.2) is 5.78 Å². The van der Waals surface area contributed by atoms with E-state index in [2.05, 4.69) is 26.8 Å². The Bertz CT molecular complexity index is 666. The molecule has 2 aliphatic carbocycles. The van der Waals surface area contributed by atoms with E-state index in [0.717, 1.165) is 12.0 Å². The molecule has 0 aromatic carbocycles. The molecule has 0 spiro atoms. The van der Waals surface area contributed by atoms with Gasteiger partial charge in [0.25, 0.3) is 0 Å². The summed E-state index contributed by atoms with van der Waals surface area (Å²) in [6.45, 7) is 8.38. The molecule has 0 N–H and O–H groups in total. The van der Waals surface area contributed by atoms with Crippen molar-refractivity contribution in [2.75, 3.05) is 7.11 Å². The summed E-state index contributed by atoms with van der Waals surface area (Å²) in [5.41, 5.74) is 2.18. The number of hydrogen-bond acceptors (Lipinski definition) is 2. The van der Waals surface area contributed by atoms with E-state index in [4.69, 9.17) is 4.74 Å². The summed E-state index contributed by atoms with van der Waals surface area (Å²) in [5, 5.41) is 0. The summed E-state index contributed by atoms with van der Waals surface area (Å²) in [4.78, 5) is 12.9. The van der Waals surface area contributed by atoms with Crippen LogP contribution in [0.1, 0.15) is 34.1 Å². The first-order valence-electron chi connectivity index (χ1n) is 8.03. The average Bonchev–Trinajstić information content (AvgIpc) is 2.63. The maximum atomic E-state index is 12.9. The number of ether oxygens (including phenoxy) is 1. The van der Waals surface area contributed by atoms with E-state index in [1.807, 2.05) is 55.5 Å². The highest BCUT2D eigenvalue weighted by atomic mass is 16.5. The molecular formula is C21H26O2. The van der Waals surface area contributed by atoms with Crippen LogP contribution in [0.3, 0.4) is 0 Å². The fourth-order valence-corrected chi connectivity index (χ4v) is 2.41. The molecule has 0 aliphatic heterocycles. The van der Waals surface area contributed by atoms with E-state index in [1.165, 1.54) is 5.57 Å². The highest BCUT2D eigenvalue weighted by Crippen LogP contribution is 2.31. The van der Waals surface area contributed by atoms with E-state index in [0.29, 0.717) is 5.57 Å². The standard InChI is InChI=1S/C21H26O2/c1-16-9-10-18(11-14-20(16,2)3)19(22)17-8-6-7-13-21(4,23-5)15-12-17/h7-15H,6H2,1-5H3/b13-7+,15-12-,17-8+. The second-order valence-corrected chi connectivity index (χ2v) is 6.87. The van der Waals surface area contributed by atoms with E-state index < -0.39 is 5.60 Å². The van der Waals surface area contributed by atoms with Crippen molar-refractivity contribution in [2.24, 2.45) is 5.41 Å². The Balaban J connectivity index is 2.31. The molecule has 0 bridgehead atoms. The summed E-state index contributed by atoms with van der Waals surface area (Å²) in [6, 6.07) is 0. The fraction of sp³-hybridized carbons (Fsp3) is 0.381. The smallest absolute Gasteiger partial charge is 0.192 e. The van der Waals surface area contributed by atoms with Crippen LogP contribution < -0.4 is 0 Å². The molecule has 2 heteroatoms. The monoisotopic (exact) mass is 310 g/mol. The summed E-state index contributed by atoms with van der Waals surface area (Å²) >= 11 is 0. The lowest BCUT2D eigenvalue weighted by atomic mass is 9.85. The molecule has 1 unspecified atom stereocenters. The zero-order valence-corrected chi connectivity index (χ0v) is 14.7. The van der Waals surface area contributed by atoms with Crippen molar-refractivity contribution in [1.29, 1.82) is 0 Å². The quantitative estimate of drug-likeness (QED) is 0.695. The molecule has 1 atom stereocenters. The van der Waals surface area contributed by atoms with Gasteiger partial charge in [-0.15, -0.1) is 0 Å². The molecule has 2 nitrogen and oxygen atoms in total. The summed E-state index contributed by atoms with van der Waals surface area (Å²) in [5.74, 6) is 0.0491. The topological polar surface area (TPSA) is 26.3 Å². The lowest BCUT2D eigenvalue weighted by molar-refractivity contribution is -0.111. The Labute approximate surface area is 139 Å². The van der Waals surface area contributed by atoms with E-state index in [9.17, 15) is 4.79 Å². The van der Waals surface area contributed by atoms with Crippen LogP contribution in [0.15, 0.2) is 71.4 Å². The van der Waals surface area contributed by atoms with E-state index >= 15 is 0 Å². The van der Waals surface area contributed by atoms with Crippen LogP contribution in [-0.2, 0) is 9.53 Å². The van der Waals surface area contributed by atoms with Gasteiger partial charge >= 0.3 is 0 Å². The second kappa shape index (κ2) is 6.67. The molecule has 0 radical (unpaired) electrons. The van der Waals surface area contributed by atoms with Crippen LogP contribution in [-0.4, -0.2) is 18.5 Å². The predicted molar refractivity (Wildman–Crippen MR) is 96.2 cm³/mol. The zero-order valence-electron chi connectivity index (χ0n) is 14.7. The molecule has 0 fully saturated rings. The third-order valence-electron chi connectivity index (χ3n) is 4.69. The molecule has 2 rings (SSSR count). The number of rotatable bonds is 3. The summed E-state index contributed by atoms with van der Waals surface area (Å²) in [6.07, 6.45) is 18.5. The Morgan fingerprint density at radius 2 is 1.74 bits per heavy atom. The molecule has 0 amide bonds. The van der Waals surface area contributed by atoms with Gasteiger partial charge in [0.05, 0.1) is 0 Å². The first kappa shape index (κ1) is 17.4. The highest BCUT2D eigenvalue weighted by Gasteiger charge is 2.21. The van der Waals surface area contributed by atoms with Crippen molar-refractivity contribution in [3.63, 3.8) is 0 Å². The van der Waals surface area contributed by atoms with Crippen molar-refractivity contribution in [1.82, 2.24) is 0 Å². The van der Waals surface area contributed by atoms with E-state index in [1.54, 1.807) is 7.11 Å². The number of carbonyl (C=O) groups is 1. The third kappa shape index (κ3) is 4.08. The Kier molecular flexibility index (Phi) is 5.06. The minimum atomic E-state index is -0.466. The largest absolute Gasteiger partial charge is 0.370 e. The number of allylic oxidation sites excluding steroid dienone is 10. The molecule has 0 aromatic heterocycles. The number of methoxy groups -OCH3 is 1. The maximum absolute atomic E-state index is 12.9. The Morgan fingerprint density at radius 1 is 1.04 bits per heavy atom. The van der Waals surface area contributed by atoms with Crippen molar-refractivity contribution in [2.45, 2.75) is 39.7 Å². The fourth-order valence-electron chi connectivity index (χ4n) is 2.41. The first-order valence-corrected chi connectivity index (χ1v) is 8.03. The van der Waals surface area contributed by atoms with Crippen LogP contribution in [0.25, 0.3) is 0 Å². The summed E-state index contributed by atoms with van der Waals surface area (Å²) in [7, 11) is 1.67. The van der Waals surface area contributed by atoms with Crippen molar-refractivity contribution in [3.8, 4) is 0 Å². The molecule has 23 heavy (non-hydrogen) atoms. The molecule has 0 aromatic rings. The maximum Gasteiger partial charge on any atom is 0.192 e. The second-order valence-electron chi connectivity index (χ2n) is 6.87. The Hall–Kier alpha value is -1.93. The van der Waals surface area contributed by atoms with Crippen LogP contribution >= 0.6 is 0 Å². The van der Waals surface area contributed by atoms with Crippen molar-refractivity contribution >= 4 is 5.78 Å². The lowest BCUT2D eigenvalue weighted by Crippen LogP contribution is -2.21. The lowest BCUT2D eigenvalue weighted by Gasteiger charge is -2.21. The van der Waals surface area contributed by atoms with Crippen LogP contribution in [0.4, 0.5) is 0 Å². The van der Waals surface area contributed by atoms with Gasteiger partial charge in [0.2, 0.25) is 0 Å². The molecule has 0 saturated heterocycles. The molecule has 0 saturated carbocycles.